The minimum Gasteiger partial charge on any atom is -0.459 e. The number of pyridine rings is 1. The largest absolute Gasteiger partial charge is 0.459 e. The summed E-state index contributed by atoms with van der Waals surface area (Å²) in [5.41, 5.74) is 1.44. The van der Waals surface area contributed by atoms with E-state index in [0.29, 0.717) is 23.0 Å². The van der Waals surface area contributed by atoms with Gasteiger partial charge in [-0.05, 0) is 49.6 Å². The fourth-order valence-corrected chi connectivity index (χ4v) is 3.76. The van der Waals surface area contributed by atoms with Crippen LogP contribution in [-0.2, 0) is 6.54 Å². The molecular formula is C19H20N4O2S. The number of amides is 1. The molecule has 0 bridgehead atoms. The average molecular weight is 368 g/mol. The molecule has 4 heterocycles. The third kappa shape index (κ3) is 3.62. The van der Waals surface area contributed by atoms with E-state index in [9.17, 15) is 4.79 Å². The van der Waals surface area contributed by atoms with Gasteiger partial charge in [-0.25, -0.2) is 9.97 Å². The van der Waals surface area contributed by atoms with Gasteiger partial charge >= 0.3 is 0 Å². The van der Waals surface area contributed by atoms with Crippen LogP contribution in [0.5, 0.6) is 0 Å². The van der Waals surface area contributed by atoms with E-state index >= 15 is 0 Å². The minimum atomic E-state index is -0.185. The Morgan fingerprint density at radius 2 is 2.15 bits per heavy atom. The van der Waals surface area contributed by atoms with Crippen molar-refractivity contribution in [3.63, 3.8) is 0 Å². The Morgan fingerprint density at radius 3 is 2.92 bits per heavy atom. The molecule has 3 aromatic heterocycles. The SMILES string of the molecule is Cc1ccc(-c2nc(C(=O)NCc3ccnc(N4CCCC4)c3)cs2)o1. The van der Waals surface area contributed by atoms with Crippen LogP contribution < -0.4 is 10.2 Å². The van der Waals surface area contributed by atoms with E-state index in [4.69, 9.17) is 4.42 Å². The molecule has 1 aliphatic heterocycles. The van der Waals surface area contributed by atoms with E-state index in [-0.39, 0.29) is 5.91 Å². The first-order valence-electron chi connectivity index (χ1n) is 8.69. The fraction of sp³-hybridized carbons (Fsp3) is 0.316. The van der Waals surface area contributed by atoms with E-state index in [0.717, 1.165) is 30.2 Å². The van der Waals surface area contributed by atoms with Gasteiger partial charge in [0.05, 0.1) is 0 Å². The minimum absolute atomic E-state index is 0.185. The number of nitrogens with zero attached hydrogens (tertiary/aromatic N) is 3. The number of carbonyl (C=O) groups is 1. The quantitative estimate of drug-likeness (QED) is 0.744. The van der Waals surface area contributed by atoms with E-state index in [1.54, 1.807) is 11.6 Å². The molecule has 1 N–H and O–H groups in total. The van der Waals surface area contributed by atoms with Crippen LogP contribution in [0.25, 0.3) is 10.8 Å². The zero-order valence-electron chi connectivity index (χ0n) is 14.6. The monoisotopic (exact) mass is 368 g/mol. The van der Waals surface area contributed by atoms with Crippen LogP contribution in [0.3, 0.4) is 0 Å². The second kappa shape index (κ2) is 7.29. The molecule has 1 fully saturated rings. The lowest BCUT2D eigenvalue weighted by Crippen LogP contribution is -2.24. The van der Waals surface area contributed by atoms with Crippen LogP contribution in [0.2, 0.25) is 0 Å². The number of aryl methyl sites for hydroxylation is 1. The molecular weight excluding hydrogens is 348 g/mol. The number of aromatic nitrogens is 2. The standard InChI is InChI=1S/C19H20N4O2S/c1-13-4-5-16(25-13)19-22-15(12-26-19)18(24)21-11-14-6-7-20-17(10-14)23-8-2-3-9-23/h4-7,10,12H,2-3,8-9,11H2,1H3,(H,21,24). The highest BCUT2D eigenvalue weighted by molar-refractivity contribution is 7.13. The first-order chi connectivity index (χ1) is 12.7. The maximum atomic E-state index is 12.4. The Morgan fingerprint density at radius 1 is 1.31 bits per heavy atom. The summed E-state index contributed by atoms with van der Waals surface area (Å²) < 4.78 is 5.56. The Bertz CT molecular complexity index is 912. The molecule has 0 unspecified atom stereocenters. The zero-order valence-corrected chi connectivity index (χ0v) is 15.4. The highest BCUT2D eigenvalue weighted by Crippen LogP contribution is 2.25. The van der Waals surface area contributed by atoms with Crippen LogP contribution in [0.15, 0.2) is 40.3 Å². The number of hydrogen-bond donors (Lipinski definition) is 1. The van der Waals surface area contributed by atoms with Gasteiger partial charge in [0.25, 0.3) is 5.91 Å². The average Bonchev–Trinajstić information content (AvgIpc) is 3.40. The van der Waals surface area contributed by atoms with Gasteiger partial charge in [0, 0.05) is 31.2 Å². The molecule has 1 saturated heterocycles. The van der Waals surface area contributed by atoms with Crippen LogP contribution in [-0.4, -0.2) is 29.0 Å². The number of anilines is 1. The third-order valence-corrected chi connectivity index (χ3v) is 5.24. The predicted molar refractivity (Wildman–Crippen MR) is 101 cm³/mol. The van der Waals surface area contributed by atoms with Crippen molar-refractivity contribution < 1.29 is 9.21 Å². The molecule has 0 saturated carbocycles. The number of hydrogen-bond acceptors (Lipinski definition) is 6. The van der Waals surface area contributed by atoms with Crippen LogP contribution in [0.1, 0.15) is 34.7 Å². The van der Waals surface area contributed by atoms with Gasteiger partial charge in [0.2, 0.25) is 0 Å². The molecule has 7 heteroatoms. The van der Waals surface area contributed by atoms with Gasteiger partial charge in [0.1, 0.15) is 17.3 Å². The van der Waals surface area contributed by atoms with Crippen LogP contribution in [0, 0.1) is 6.92 Å². The van der Waals surface area contributed by atoms with E-state index < -0.39 is 0 Å². The fourth-order valence-electron chi connectivity index (χ4n) is 3.00. The summed E-state index contributed by atoms with van der Waals surface area (Å²) in [4.78, 5) is 23.5. The highest BCUT2D eigenvalue weighted by atomic mass is 32.1. The van der Waals surface area contributed by atoms with E-state index in [2.05, 4.69) is 20.2 Å². The summed E-state index contributed by atoms with van der Waals surface area (Å²) in [6.07, 6.45) is 4.23. The molecule has 3 aromatic rings. The van der Waals surface area contributed by atoms with E-state index in [1.807, 2.05) is 31.2 Å². The van der Waals surface area contributed by atoms with Gasteiger partial charge in [-0.3, -0.25) is 4.79 Å². The summed E-state index contributed by atoms with van der Waals surface area (Å²) in [6, 6.07) is 7.73. The third-order valence-electron chi connectivity index (χ3n) is 4.38. The summed E-state index contributed by atoms with van der Waals surface area (Å²) in [7, 11) is 0. The molecule has 26 heavy (non-hydrogen) atoms. The van der Waals surface area contributed by atoms with Crippen LogP contribution in [0.4, 0.5) is 5.82 Å². The molecule has 1 aliphatic rings. The number of rotatable bonds is 5. The maximum absolute atomic E-state index is 12.4. The van der Waals surface area contributed by atoms with Gasteiger partial charge < -0.3 is 14.6 Å². The van der Waals surface area contributed by atoms with Crippen molar-refractivity contribution in [3.05, 3.63) is 52.9 Å². The lowest BCUT2D eigenvalue weighted by molar-refractivity contribution is 0.0946. The topological polar surface area (TPSA) is 71.3 Å². The Kier molecular flexibility index (Phi) is 4.71. The van der Waals surface area contributed by atoms with Gasteiger partial charge in [0.15, 0.2) is 10.8 Å². The Balaban J connectivity index is 1.39. The van der Waals surface area contributed by atoms with Crippen molar-refractivity contribution in [2.24, 2.45) is 0 Å². The number of carbonyl (C=O) groups excluding carboxylic acids is 1. The van der Waals surface area contributed by atoms with Crippen molar-refractivity contribution in [1.82, 2.24) is 15.3 Å². The summed E-state index contributed by atoms with van der Waals surface area (Å²) in [5.74, 6) is 2.32. The molecule has 0 spiro atoms. The van der Waals surface area contributed by atoms with Crippen LogP contribution >= 0.6 is 11.3 Å². The van der Waals surface area contributed by atoms with Crippen molar-refractivity contribution in [3.8, 4) is 10.8 Å². The Hall–Kier alpha value is -2.67. The molecule has 1 amide bonds. The van der Waals surface area contributed by atoms with Crippen molar-refractivity contribution >= 4 is 23.1 Å². The number of nitrogens with one attached hydrogen (secondary N) is 1. The van der Waals surface area contributed by atoms with Gasteiger partial charge in [-0.2, -0.15) is 0 Å². The molecule has 0 radical (unpaired) electrons. The molecule has 4 rings (SSSR count). The van der Waals surface area contributed by atoms with Crippen molar-refractivity contribution in [2.45, 2.75) is 26.3 Å². The number of thiazole rings is 1. The lowest BCUT2D eigenvalue weighted by atomic mass is 10.2. The second-order valence-corrected chi connectivity index (χ2v) is 7.21. The summed E-state index contributed by atoms with van der Waals surface area (Å²) >= 11 is 1.40. The smallest absolute Gasteiger partial charge is 0.271 e. The van der Waals surface area contributed by atoms with Crippen molar-refractivity contribution in [2.75, 3.05) is 18.0 Å². The predicted octanol–water partition coefficient (Wildman–Crippen LogP) is 3.64. The Labute approximate surface area is 155 Å². The number of furan rings is 1. The highest BCUT2D eigenvalue weighted by Gasteiger charge is 2.15. The van der Waals surface area contributed by atoms with Gasteiger partial charge in [-0.1, -0.05) is 0 Å². The first kappa shape index (κ1) is 16.8. The molecule has 6 nitrogen and oxygen atoms in total. The zero-order chi connectivity index (χ0) is 17.9. The second-order valence-electron chi connectivity index (χ2n) is 6.35. The maximum Gasteiger partial charge on any atom is 0.271 e. The summed E-state index contributed by atoms with van der Waals surface area (Å²) in [5, 5.41) is 5.40. The molecule has 134 valence electrons. The first-order valence-corrected chi connectivity index (χ1v) is 9.57. The molecule has 0 aliphatic carbocycles. The normalized spacial score (nSPS) is 14.0. The molecule has 0 aromatic carbocycles. The van der Waals surface area contributed by atoms with Gasteiger partial charge in [-0.15, -0.1) is 11.3 Å². The summed E-state index contributed by atoms with van der Waals surface area (Å²) in [6.45, 7) is 4.44. The lowest BCUT2D eigenvalue weighted by Gasteiger charge is -2.16. The molecule has 0 atom stereocenters. The van der Waals surface area contributed by atoms with E-state index in [1.165, 1.54) is 24.2 Å². The van der Waals surface area contributed by atoms with Crippen molar-refractivity contribution in [1.29, 1.82) is 0 Å².